The molecule has 0 heterocycles. The average molecular weight is 254 g/mol. The second-order valence-electron chi connectivity index (χ2n) is 5.84. The molecule has 0 saturated carbocycles. The molecule has 1 nitrogen and oxygen atoms in total. The summed E-state index contributed by atoms with van der Waals surface area (Å²) in [5.41, 5.74) is 4.49. The summed E-state index contributed by atoms with van der Waals surface area (Å²) in [6.07, 6.45) is 5.30. The van der Waals surface area contributed by atoms with Gasteiger partial charge in [-0.15, -0.1) is 0 Å². The standard InChI is InChI=1S/C15H30OSi/c1-8-9-15(16)10-11-17(12(2)3,13(4)5)14(6)7/h8-16H,1-7H3/b9-8+,11-10+. The van der Waals surface area contributed by atoms with E-state index in [1.165, 1.54) is 0 Å². The first kappa shape index (κ1) is 16.7. The van der Waals surface area contributed by atoms with Gasteiger partial charge in [-0.2, -0.15) is 0 Å². The second-order valence-corrected chi connectivity index (χ2v) is 11.6. The van der Waals surface area contributed by atoms with Gasteiger partial charge in [-0.1, -0.05) is 65.5 Å². The van der Waals surface area contributed by atoms with Gasteiger partial charge in [-0.25, -0.2) is 0 Å². The highest BCUT2D eigenvalue weighted by atomic mass is 28.3. The molecule has 1 unspecified atom stereocenters. The molecular weight excluding hydrogens is 224 g/mol. The van der Waals surface area contributed by atoms with Crippen LogP contribution in [0.3, 0.4) is 0 Å². The molecule has 0 rings (SSSR count). The Hall–Kier alpha value is -0.343. The SMILES string of the molecule is C/C=C/C(O)/C=C/[Si](C(C)C)(C(C)C)C(C)C. The number of aliphatic hydroxyl groups is 1. The van der Waals surface area contributed by atoms with E-state index in [0.29, 0.717) is 16.6 Å². The monoisotopic (exact) mass is 254 g/mol. The van der Waals surface area contributed by atoms with Crippen LogP contribution >= 0.6 is 0 Å². The summed E-state index contributed by atoms with van der Waals surface area (Å²) in [7, 11) is -1.49. The van der Waals surface area contributed by atoms with Crippen molar-refractivity contribution < 1.29 is 5.11 Å². The van der Waals surface area contributed by atoms with Crippen LogP contribution in [0.25, 0.3) is 0 Å². The summed E-state index contributed by atoms with van der Waals surface area (Å²) >= 11 is 0. The van der Waals surface area contributed by atoms with Crippen molar-refractivity contribution in [3.63, 3.8) is 0 Å². The fourth-order valence-corrected chi connectivity index (χ4v) is 8.79. The lowest BCUT2D eigenvalue weighted by atomic mass is 10.3. The van der Waals surface area contributed by atoms with Gasteiger partial charge in [0.05, 0.1) is 14.2 Å². The minimum Gasteiger partial charge on any atom is -0.385 e. The van der Waals surface area contributed by atoms with Gasteiger partial charge in [-0.05, 0) is 23.5 Å². The van der Waals surface area contributed by atoms with Gasteiger partial charge in [0.25, 0.3) is 0 Å². The maximum Gasteiger partial charge on any atom is 0.0898 e. The highest BCUT2D eigenvalue weighted by Gasteiger charge is 2.40. The lowest BCUT2D eigenvalue weighted by molar-refractivity contribution is 0.271. The van der Waals surface area contributed by atoms with E-state index in [9.17, 15) is 5.11 Å². The Bertz CT molecular complexity index is 242. The summed E-state index contributed by atoms with van der Waals surface area (Å²) in [6.45, 7) is 15.9. The molecule has 17 heavy (non-hydrogen) atoms. The van der Waals surface area contributed by atoms with E-state index in [4.69, 9.17) is 0 Å². The van der Waals surface area contributed by atoms with Crippen LogP contribution in [0.4, 0.5) is 0 Å². The summed E-state index contributed by atoms with van der Waals surface area (Å²) in [4.78, 5) is 0. The fourth-order valence-electron chi connectivity index (χ4n) is 3.10. The molecule has 0 aliphatic rings. The normalized spacial score (nSPS) is 15.9. The van der Waals surface area contributed by atoms with Crippen LogP contribution in [0.2, 0.25) is 16.6 Å². The molecule has 0 aromatic heterocycles. The Morgan fingerprint density at radius 1 is 0.824 bits per heavy atom. The summed E-state index contributed by atoms with van der Waals surface area (Å²) in [5.74, 6) is 0. The first-order chi connectivity index (χ1) is 7.78. The van der Waals surface area contributed by atoms with Crippen molar-refractivity contribution in [1.29, 1.82) is 0 Å². The number of allylic oxidation sites excluding steroid dienone is 1. The smallest absolute Gasteiger partial charge is 0.0898 e. The van der Waals surface area contributed by atoms with Gasteiger partial charge in [-0.3, -0.25) is 0 Å². The maximum absolute atomic E-state index is 9.81. The van der Waals surface area contributed by atoms with Crippen molar-refractivity contribution in [3.8, 4) is 0 Å². The minimum absolute atomic E-state index is 0.428. The molecule has 0 bridgehead atoms. The molecule has 0 aliphatic heterocycles. The van der Waals surface area contributed by atoms with Crippen LogP contribution in [0.15, 0.2) is 23.9 Å². The van der Waals surface area contributed by atoms with E-state index in [0.717, 1.165) is 0 Å². The lowest BCUT2D eigenvalue weighted by Gasteiger charge is -2.40. The van der Waals surface area contributed by atoms with Gasteiger partial charge in [0.1, 0.15) is 0 Å². The van der Waals surface area contributed by atoms with E-state index < -0.39 is 14.2 Å². The predicted octanol–water partition coefficient (Wildman–Crippen LogP) is 4.70. The Balaban J connectivity index is 5.19. The van der Waals surface area contributed by atoms with Crippen LogP contribution in [-0.4, -0.2) is 19.3 Å². The molecule has 0 saturated heterocycles. The van der Waals surface area contributed by atoms with Crippen molar-refractivity contribution in [1.82, 2.24) is 0 Å². The Labute approximate surface area is 109 Å². The van der Waals surface area contributed by atoms with Crippen LogP contribution in [-0.2, 0) is 0 Å². The predicted molar refractivity (Wildman–Crippen MR) is 81.0 cm³/mol. The van der Waals surface area contributed by atoms with Crippen molar-refractivity contribution in [2.75, 3.05) is 0 Å². The molecular formula is C15H30OSi. The van der Waals surface area contributed by atoms with E-state index in [2.05, 4.69) is 47.2 Å². The van der Waals surface area contributed by atoms with Crippen LogP contribution in [0.1, 0.15) is 48.5 Å². The van der Waals surface area contributed by atoms with Crippen LogP contribution in [0, 0.1) is 0 Å². The van der Waals surface area contributed by atoms with E-state index >= 15 is 0 Å². The largest absolute Gasteiger partial charge is 0.385 e. The first-order valence-corrected chi connectivity index (χ1v) is 9.10. The van der Waals surface area contributed by atoms with E-state index in [1.807, 2.05) is 25.2 Å². The van der Waals surface area contributed by atoms with E-state index in [1.54, 1.807) is 0 Å². The Morgan fingerprint density at radius 2 is 1.24 bits per heavy atom. The van der Waals surface area contributed by atoms with Crippen molar-refractivity contribution in [2.24, 2.45) is 0 Å². The number of aliphatic hydroxyl groups excluding tert-OH is 1. The van der Waals surface area contributed by atoms with Gasteiger partial charge < -0.3 is 5.11 Å². The molecule has 2 heteroatoms. The first-order valence-electron chi connectivity index (χ1n) is 6.79. The van der Waals surface area contributed by atoms with Gasteiger partial charge in [0.15, 0.2) is 0 Å². The molecule has 0 amide bonds. The fraction of sp³-hybridized carbons (Fsp3) is 0.733. The maximum atomic E-state index is 9.81. The van der Waals surface area contributed by atoms with Crippen LogP contribution < -0.4 is 0 Å². The third-order valence-electron chi connectivity index (χ3n) is 3.97. The minimum atomic E-state index is -1.49. The molecule has 0 spiro atoms. The van der Waals surface area contributed by atoms with Crippen molar-refractivity contribution >= 4 is 8.07 Å². The summed E-state index contributed by atoms with van der Waals surface area (Å²) in [5, 5.41) is 9.81. The second kappa shape index (κ2) is 7.17. The molecule has 0 radical (unpaired) electrons. The van der Waals surface area contributed by atoms with Crippen molar-refractivity contribution in [3.05, 3.63) is 23.9 Å². The lowest BCUT2D eigenvalue weighted by Crippen LogP contribution is -2.42. The number of hydrogen-bond acceptors (Lipinski definition) is 1. The highest BCUT2D eigenvalue weighted by Crippen LogP contribution is 2.42. The third kappa shape index (κ3) is 4.11. The molecule has 0 aromatic carbocycles. The Kier molecular flexibility index (Phi) is 7.03. The van der Waals surface area contributed by atoms with Gasteiger partial charge >= 0.3 is 0 Å². The van der Waals surface area contributed by atoms with E-state index in [-0.39, 0.29) is 0 Å². The molecule has 0 aliphatic carbocycles. The molecule has 0 fully saturated rings. The highest BCUT2D eigenvalue weighted by molar-refractivity contribution is 6.87. The summed E-state index contributed by atoms with van der Waals surface area (Å²) < 4.78 is 0. The summed E-state index contributed by atoms with van der Waals surface area (Å²) in [6, 6.07) is 0. The Morgan fingerprint density at radius 3 is 1.53 bits per heavy atom. The number of hydrogen-bond donors (Lipinski definition) is 1. The molecule has 1 atom stereocenters. The third-order valence-corrected chi connectivity index (χ3v) is 10.7. The zero-order chi connectivity index (χ0) is 13.6. The molecule has 0 aromatic rings. The van der Waals surface area contributed by atoms with Gasteiger partial charge in [0.2, 0.25) is 0 Å². The van der Waals surface area contributed by atoms with Crippen molar-refractivity contribution in [2.45, 2.75) is 71.2 Å². The molecule has 1 N–H and O–H groups in total. The topological polar surface area (TPSA) is 20.2 Å². The zero-order valence-electron chi connectivity index (χ0n) is 12.6. The molecule has 100 valence electrons. The van der Waals surface area contributed by atoms with Crippen LogP contribution in [0.5, 0.6) is 0 Å². The van der Waals surface area contributed by atoms with Gasteiger partial charge in [0, 0.05) is 0 Å². The zero-order valence-corrected chi connectivity index (χ0v) is 13.6. The average Bonchev–Trinajstić information content (AvgIpc) is 2.17. The number of rotatable bonds is 6. The quantitative estimate of drug-likeness (QED) is 0.538.